The minimum atomic E-state index is -5.14. The number of hydrogen-bond acceptors (Lipinski definition) is 4. The summed E-state index contributed by atoms with van der Waals surface area (Å²) >= 11 is 1.18. The Labute approximate surface area is 187 Å². The van der Waals surface area contributed by atoms with E-state index in [1.807, 2.05) is 17.8 Å². The molecule has 3 aromatic rings. The highest BCUT2D eigenvalue weighted by Gasteiger charge is 2.41. The normalized spacial score (nSPS) is 12.0. The van der Waals surface area contributed by atoms with Crippen molar-refractivity contribution in [3.63, 3.8) is 0 Å². The summed E-state index contributed by atoms with van der Waals surface area (Å²) in [6.45, 7) is 3.69. The molecular weight excluding hydrogens is 474 g/mol. The SMILES string of the molecule is CCc1sc(C(=O)NNC(=O)c2cnn(-c3cccc(C(F)(F)F)c3)c2C(F)(F)F)cc1C. The summed E-state index contributed by atoms with van der Waals surface area (Å²) in [7, 11) is 0. The lowest BCUT2D eigenvalue weighted by molar-refractivity contribution is -0.143. The summed E-state index contributed by atoms with van der Waals surface area (Å²) in [5.74, 6) is -2.06. The molecule has 2 amide bonds. The lowest BCUT2D eigenvalue weighted by Crippen LogP contribution is -2.42. The van der Waals surface area contributed by atoms with Crippen LogP contribution in [0.5, 0.6) is 0 Å². The fourth-order valence-corrected chi connectivity index (χ4v) is 4.03. The number of hydrazine groups is 1. The molecule has 2 aromatic heterocycles. The van der Waals surface area contributed by atoms with Crippen molar-refractivity contribution in [1.82, 2.24) is 20.6 Å². The number of amides is 2. The summed E-state index contributed by atoms with van der Waals surface area (Å²) in [6.07, 6.45) is -8.68. The Hall–Kier alpha value is -3.35. The number of benzene rings is 1. The van der Waals surface area contributed by atoms with Gasteiger partial charge in [-0.1, -0.05) is 13.0 Å². The molecule has 3 rings (SSSR count). The van der Waals surface area contributed by atoms with Gasteiger partial charge in [-0.25, -0.2) is 4.68 Å². The summed E-state index contributed by atoms with van der Waals surface area (Å²) < 4.78 is 80.3. The lowest BCUT2D eigenvalue weighted by Gasteiger charge is -2.14. The number of alkyl halides is 6. The number of aryl methyl sites for hydroxylation is 2. The van der Waals surface area contributed by atoms with Gasteiger partial charge in [0.1, 0.15) is 0 Å². The van der Waals surface area contributed by atoms with E-state index in [9.17, 15) is 35.9 Å². The molecule has 0 aliphatic rings. The van der Waals surface area contributed by atoms with Crippen LogP contribution in [0.3, 0.4) is 0 Å². The molecule has 176 valence electrons. The monoisotopic (exact) mass is 490 g/mol. The standard InChI is InChI=1S/C20H16F6N4O2S/c1-3-14-10(2)7-15(33-14)18(32)29-28-17(31)13-9-27-30(16(13)20(24,25)26)12-6-4-5-11(8-12)19(21,22)23/h4-9H,3H2,1-2H3,(H,28,31)(H,29,32). The van der Waals surface area contributed by atoms with Crippen LogP contribution in [0.15, 0.2) is 36.5 Å². The molecule has 0 unspecified atom stereocenters. The molecule has 6 nitrogen and oxygen atoms in total. The predicted octanol–water partition coefficient (Wildman–Crippen LogP) is 4.92. The van der Waals surface area contributed by atoms with Gasteiger partial charge >= 0.3 is 12.4 Å². The maximum Gasteiger partial charge on any atom is 0.434 e. The maximum absolute atomic E-state index is 13.7. The second-order valence-corrected chi connectivity index (χ2v) is 7.98. The average Bonchev–Trinajstić information content (AvgIpc) is 3.35. The van der Waals surface area contributed by atoms with E-state index in [1.54, 1.807) is 13.0 Å². The van der Waals surface area contributed by atoms with E-state index < -0.39 is 46.7 Å². The Morgan fingerprint density at radius 1 is 1.03 bits per heavy atom. The zero-order chi connectivity index (χ0) is 24.6. The molecule has 0 saturated carbocycles. The molecule has 0 saturated heterocycles. The molecule has 33 heavy (non-hydrogen) atoms. The second kappa shape index (κ2) is 8.89. The average molecular weight is 490 g/mol. The topological polar surface area (TPSA) is 76.0 Å². The van der Waals surface area contributed by atoms with Gasteiger partial charge in [-0.2, -0.15) is 31.4 Å². The van der Waals surface area contributed by atoms with Gasteiger partial charge in [-0.3, -0.25) is 20.4 Å². The minimum absolute atomic E-state index is 0.197. The quantitative estimate of drug-likeness (QED) is 0.403. The van der Waals surface area contributed by atoms with Gasteiger partial charge in [-0.05, 0) is 43.2 Å². The third kappa shape index (κ3) is 5.18. The fourth-order valence-electron chi connectivity index (χ4n) is 3.02. The van der Waals surface area contributed by atoms with E-state index in [2.05, 4.69) is 5.10 Å². The smallest absolute Gasteiger partial charge is 0.267 e. The van der Waals surface area contributed by atoms with Crippen molar-refractivity contribution in [3.8, 4) is 5.69 Å². The van der Waals surface area contributed by atoms with Gasteiger partial charge in [0, 0.05) is 4.88 Å². The molecule has 2 N–H and O–H groups in total. The maximum atomic E-state index is 13.7. The third-order valence-electron chi connectivity index (χ3n) is 4.56. The first-order chi connectivity index (χ1) is 15.3. The van der Waals surface area contributed by atoms with Crippen molar-refractivity contribution in [2.75, 3.05) is 0 Å². The predicted molar refractivity (Wildman–Crippen MR) is 107 cm³/mol. The number of carbonyl (C=O) groups is 2. The van der Waals surface area contributed by atoms with Crippen LogP contribution in [-0.2, 0) is 18.8 Å². The van der Waals surface area contributed by atoms with Crippen molar-refractivity contribution >= 4 is 23.2 Å². The number of nitrogens with one attached hydrogen (secondary N) is 2. The molecule has 0 radical (unpaired) electrons. The number of carbonyl (C=O) groups excluding carboxylic acids is 2. The van der Waals surface area contributed by atoms with Gasteiger partial charge in [0.15, 0.2) is 5.69 Å². The van der Waals surface area contributed by atoms with Gasteiger partial charge in [-0.15, -0.1) is 11.3 Å². The Morgan fingerprint density at radius 2 is 1.70 bits per heavy atom. The van der Waals surface area contributed by atoms with Crippen molar-refractivity contribution in [1.29, 1.82) is 0 Å². The van der Waals surface area contributed by atoms with E-state index in [0.29, 0.717) is 24.8 Å². The molecule has 0 bridgehead atoms. The first-order valence-electron chi connectivity index (χ1n) is 9.35. The summed E-state index contributed by atoms with van der Waals surface area (Å²) in [5.41, 5.74) is 0.505. The Bertz CT molecular complexity index is 1200. The number of halogens is 6. The Morgan fingerprint density at radius 3 is 2.27 bits per heavy atom. The zero-order valence-electron chi connectivity index (χ0n) is 17.1. The lowest BCUT2D eigenvalue weighted by atomic mass is 10.1. The van der Waals surface area contributed by atoms with Gasteiger partial charge in [0.05, 0.1) is 27.9 Å². The Balaban J connectivity index is 1.88. The highest BCUT2D eigenvalue weighted by atomic mass is 32.1. The number of thiophene rings is 1. The van der Waals surface area contributed by atoms with Crippen LogP contribution in [0.25, 0.3) is 5.69 Å². The molecule has 0 fully saturated rings. The summed E-state index contributed by atoms with van der Waals surface area (Å²) in [6, 6.07) is 4.67. The molecule has 1 aromatic carbocycles. The van der Waals surface area contributed by atoms with E-state index in [0.717, 1.165) is 22.6 Å². The number of rotatable bonds is 4. The molecule has 0 spiro atoms. The first-order valence-corrected chi connectivity index (χ1v) is 10.2. The van der Waals surface area contributed by atoms with Crippen molar-refractivity contribution in [2.24, 2.45) is 0 Å². The van der Waals surface area contributed by atoms with Gasteiger partial charge in [0.2, 0.25) is 0 Å². The molecular formula is C20H16F6N4O2S. The number of hydrogen-bond donors (Lipinski definition) is 2. The zero-order valence-corrected chi connectivity index (χ0v) is 17.9. The molecule has 0 atom stereocenters. The molecule has 2 heterocycles. The molecule has 0 aliphatic heterocycles. The highest BCUT2D eigenvalue weighted by Crippen LogP contribution is 2.35. The second-order valence-electron chi connectivity index (χ2n) is 6.84. The van der Waals surface area contributed by atoms with E-state index >= 15 is 0 Å². The van der Waals surface area contributed by atoms with Crippen molar-refractivity contribution in [2.45, 2.75) is 32.6 Å². The third-order valence-corrected chi connectivity index (χ3v) is 5.94. The first kappa shape index (κ1) is 24.3. The van der Waals surface area contributed by atoms with Crippen molar-refractivity contribution < 1.29 is 35.9 Å². The van der Waals surface area contributed by atoms with Crippen molar-refractivity contribution in [3.05, 3.63) is 68.7 Å². The largest absolute Gasteiger partial charge is 0.434 e. The van der Waals surface area contributed by atoms with E-state index in [4.69, 9.17) is 0 Å². The van der Waals surface area contributed by atoms with Crippen LogP contribution in [0.2, 0.25) is 0 Å². The van der Waals surface area contributed by atoms with Crippen LogP contribution in [0.1, 0.15) is 48.7 Å². The van der Waals surface area contributed by atoms with E-state index in [-0.39, 0.29) is 9.56 Å². The molecule has 13 heteroatoms. The Kier molecular flexibility index (Phi) is 6.54. The van der Waals surface area contributed by atoms with Crippen LogP contribution < -0.4 is 10.9 Å². The van der Waals surface area contributed by atoms with Gasteiger partial charge < -0.3 is 0 Å². The number of aromatic nitrogens is 2. The molecule has 0 aliphatic carbocycles. The minimum Gasteiger partial charge on any atom is -0.267 e. The fraction of sp³-hybridized carbons (Fsp3) is 0.250. The van der Waals surface area contributed by atoms with Gasteiger partial charge in [0.25, 0.3) is 11.8 Å². The van der Waals surface area contributed by atoms with E-state index in [1.165, 1.54) is 11.3 Å². The van der Waals surface area contributed by atoms with Crippen LogP contribution >= 0.6 is 11.3 Å². The number of nitrogens with zero attached hydrogens (tertiary/aromatic N) is 2. The van der Waals surface area contributed by atoms with Crippen LogP contribution in [0.4, 0.5) is 26.3 Å². The van der Waals surface area contributed by atoms with Crippen LogP contribution in [-0.4, -0.2) is 21.6 Å². The van der Waals surface area contributed by atoms with Crippen LogP contribution in [0, 0.1) is 6.92 Å². The summed E-state index contributed by atoms with van der Waals surface area (Å²) in [5, 5.41) is 3.47. The summed E-state index contributed by atoms with van der Waals surface area (Å²) in [4.78, 5) is 25.8. The highest BCUT2D eigenvalue weighted by molar-refractivity contribution is 7.14.